The predicted octanol–water partition coefficient (Wildman–Crippen LogP) is 0.795. The maximum Gasteiger partial charge on any atom is 0.295 e. The van der Waals surface area contributed by atoms with Gasteiger partial charge in [0.15, 0.2) is 0 Å². The van der Waals surface area contributed by atoms with Crippen molar-refractivity contribution in [3.63, 3.8) is 0 Å². The van der Waals surface area contributed by atoms with E-state index in [1.807, 2.05) is 14.1 Å². The number of nitrogens with zero attached hydrogens (tertiary/aromatic N) is 2. The molecule has 0 unspecified atom stereocenters. The van der Waals surface area contributed by atoms with Crippen LogP contribution in [0.4, 0.5) is 0 Å². The van der Waals surface area contributed by atoms with Gasteiger partial charge in [0.05, 0.1) is 31.1 Å². The van der Waals surface area contributed by atoms with Gasteiger partial charge in [0.25, 0.3) is 11.7 Å². The number of carbonyl (C=O) groups is 2. The summed E-state index contributed by atoms with van der Waals surface area (Å²) in [6, 6.07) is 8.11. The molecule has 1 amide bonds. The number of aliphatic hydroxyl groups is 1. The van der Waals surface area contributed by atoms with E-state index in [1.54, 1.807) is 19.1 Å². The summed E-state index contributed by atoms with van der Waals surface area (Å²) in [5.41, 5.74) is 0.159. The molecule has 0 bridgehead atoms. The van der Waals surface area contributed by atoms with Crippen LogP contribution in [0, 0.1) is 6.92 Å². The second kappa shape index (κ2) is 9.50. The smallest absolute Gasteiger partial charge is 0.295 e. The van der Waals surface area contributed by atoms with Gasteiger partial charge < -0.3 is 19.3 Å². The third-order valence-electron chi connectivity index (χ3n) is 5.55. The number of aryl methyl sites for hydroxylation is 1. The summed E-state index contributed by atoms with van der Waals surface area (Å²) in [5.74, 6) is -0.865. The van der Waals surface area contributed by atoms with Crippen LogP contribution in [-0.4, -0.2) is 75.7 Å². The Balaban J connectivity index is 2.05. The van der Waals surface area contributed by atoms with Gasteiger partial charge in [-0.25, -0.2) is 12.7 Å². The first-order chi connectivity index (χ1) is 15.4. The molecule has 1 aromatic heterocycles. The number of furan rings is 1. The fraction of sp³-hybridized carbons (Fsp3) is 0.391. The van der Waals surface area contributed by atoms with E-state index in [9.17, 15) is 23.1 Å². The van der Waals surface area contributed by atoms with Crippen LogP contribution in [-0.2, 0) is 19.6 Å². The first-order valence-corrected chi connectivity index (χ1v) is 12.1. The van der Waals surface area contributed by atoms with Crippen LogP contribution in [0.5, 0.6) is 0 Å². The van der Waals surface area contributed by atoms with Crippen LogP contribution >= 0.6 is 0 Å². The van der Waals surface area contributed by atoms with Gasteiger partial charge in [0.2, 0.25) is 10.0 Å². The van der Waals surface area contributed by atoms with E-state index in [-0.39, 0.29) is 21.8 Å². The number of carbonyl (C=O) groups excluding carboxylic acids is 2. The third kappa shape index (κ3) is 4.87. The fourth-order valence-electron chi connectivity index (χ4n) is 3.76. The second-order valence-corrected chi connectivity index (χ2v) is 10.7. The van der Waals surface area contributed by atoms with Gasteiger partial charge in [0.1, 0.15) is 23.3 Å². The van der Waals surface area contributed by atoms with Gasteiger partial charge in [-0.05, 0) is 43.3 Å². The summed E-state index contributed by atoms with van der Waals surface area (Å²) >= 11 is 0. The molecule has 0 spiro atoms. The zero-order valence-electron chi connectivity index (χ0n) is 19.5. The highest BCUT2D eigenvalue weighted by Gasteiger charge is 2.47. The lowest BCUT2D eigenvalue weighted by Crippen LogP contribution is -3.05. The number of amides is 1. The van der Waals surface area contributed by atoms with Crippen LogP contribution in [0.25, 0.3) is 5.76 Å². The van der Waals surface area contributed by atoms with Crippen molar-refractivity contribution in [1.29, 1.82) is 0 Å². The summed E-state index contributed by atoms with van der Waals surface area (Å²) in [4.78, 5) is 28.5. The lowest BCUT2D eigenvalue weighted by Gasteiger charge is -2.23. The van der Waals surface area contributed by atoms with Crippen molar-refractivity contribution in [3.05, 3.63) is 59.1 Å². The quantitative estimate of drug-likeness (QED) is 0.331. The molecule has 1 saturated heterocycles. The molecular weight excluding hydrogens is 446 g/mol. The van der Waals surface area contributed by atoms with Crippen molar-refractivity contribution in [2.24, 2.45) is 0 Å². The van der Waals surface area contributed by atoms with E-state index in [1.165, 1.54) is 48.2 Å². The molecule has 2 aromatic rings. The minimum Gasteiger partial charge on any atom is -0.507 e. The molecule has 1 aromatic carbocycles. The van der Waals surface area contributed by atoms with Crippen molar-refractivity contribution < 1.29 is 32.4 Å². The van der Waals surface area contributed by atoms with Crippen LogP contribution in [0.15, 0.2) is 51.3 Å². The topological polar surface area (TPSA) is 113 Å². The lowest BCUT2D eigenvalue weighted by molar-refractivity contribution is -0.858. The number of aliphatic hydroxyl groups excluding tert-OH is 1. The summed E-state index contributed by atoms with van der Waals surface area (Å²) in [7, 11) is 3.21. The number of quaternary nitrogens is 1. The lowest BCUT2D eigenvalue weighted by atomic mass is 9.99. The Labute approximate surface area is 193 Å². The van der Waals surface area contributed by atoms with E-state index in [0.29, 0.717) is 24.5 Å². The number of hydrogen-bond acceptors (Lipinski definition) is 6. The Morgan fingerprint density at radius 1 is 1.12 bits per heavy atom. The number of rotatable bonds is 8. The predicted molar refractivity (Wildman–Crippen MR) is 122 cm³/mol. The molecule has 0 aliphatic carbocycles. The van der Waals surface area contributed by atoms with Gasteiger partial charge in [0, 0.05) is 32.6 Å². The maximum atomic E-state index is 13.0. The maximum absolute atomic E-state index is 13.0. The highest BCUT2D eigenvalue weighted by atomic mass is 32.2. The van der Waals surface area contributed by atoms with E-state index >= 15 is 0 Å². The number of likely N-dealkylation sites (tertiary alicyclic amines) is 1. The zero-order chi connectivity index (χ0) is 24.5. The molecule has 178 valence electrons. The van der Waals surface area contributed by atoms with Crippen molar-refractivity contribution in [2.75, 3.05) is 41.3 Å². The summed E-state index contributed by atoms with van der Waals surface area (Å²) < 4.78 is 31.5. The number of Topliss-reactive ketones (excluding diaryl/α,β-unsaturated/α-hetero) is 1. The number of sulfonamides is 1. The average molecular weight is 477 g/mol. The Morgan fingerprint density at radius 2 is 1.76 bits per heavy atom. The molecule has 1 atom stereocenters. The molecule has 0 radical (unpaired) electrons. The van der Waals surface area contributed by atoms with Gasteiger partial charge >= 0.3 is 0 Å². The van der Waals surface area contributed by atoms with Gasteiger partial charge in [-0.1, -0.05) is 0 Å². The number of ketones is 1. The summed E-state index contributed by atoms with van der Waals surface area (Å²) in [5, 5.41) is 11.1. The minimum atomic E-state index is -3.65. The largest absolute Gasteiger partial charge is 0.507 e. The molecule has 2 N–H and O–H groups in total. The van der Waals surface area contributed by atoms with E-state index in [2.05, 4.69) is 0 Å². The molecule has 1 aliphatic heterocycles. The van der Waals surface area contributed by atoms with Crippen molar-refractivity contribution in [3.8, 4) is 0 Å². The first-order valence-electron chi connectivity index (χ1n) is 10.6. The van der Waals surface area contributed by atoms with Crippen LogP contribution in [0.3, 0.4) is 0 Å². The Bertz CT molecular complexity index is 1180. The Kier molecular flexibility index (Phi) is 7.11. The Hall–Kier alpha value is -2.95. The second-order valence-electron chi connectivity index (χ2n) is 8.56. The van der Waals surface area contributed by atoms with Crippen molar-refractivity contribution in [1.82, 2.24) is 9.21 Å². The summed E-state index contributed by atoms with van der Waals surface area (Å²) in [6.45, 7) is 2.89. The average Bonchev–Trinajstić information content (AvgIpc) is 3.29. The summed E-state index contributed by atoms with van der Waals surface area (Å²) in [6.07, 6.45) is 0.669. The molecule has 3 rings (SSSR count). The van der Waals surface area contributed by atoms with Gasteiger partial charge in [-0.3, -0.25) is 9.59 Å². The van der Waals surface area contributed by atoms with E-state index in [0.717, 1.165) is 10.8 Å². The minimum absolute atomic E-state index is 0.0499. The molecule has 1 fully saturated rings. The van der Waals surface area contributed by atoms with E-state index in [4.69, 9.17) is 4.42 Å². The normalized spacial score (nSPS) is 18.6. The number of hydrogen-bond donors (Lipinski definition) is 2. The van der Waals surface area contributed by atoms with E-state index < -0.39 is 27.8 Å². The SMILES string of the molecule is Cc1ccc([C@H]2C(=C(O)c3ccc(S(=O)(=O)N(C)C)cc3)C(=O)C(=O)N2CCC[NH+](C)C)o1. The monoisotopic (exact) mass is 476 g/mol. The molecule has 33 heavy (non-hydrogen) atoms. The van der Waals surface area contributed by atoms with Crippen molar-refractivity contribution in [2.45, 2.75) is 24.3 Å². The number of benzene rings is 1. The highest BCUT2D eigenvalue weighted by molar-refractivity contribution is 7.89. The highest BCUT2D eigenvalue weighted by Crippen LogP contribution is 2.40. The van der Waals surface area contributed by atoms with Crippen LogP contribution < -0.4 is 4.90 Å². The van der Waals surface area contributed by atoms with Gasteiger partial charge in [-0.15, -0.1) is 0 Å². The molecule has 1 aliphatic rings. The Morgan fingerprint density at radius 3 is 2.27 bits per heavy atom. The van der Waals surface area contributed by atoms with Crippen LogP contribution in [0.1, 0.15) is 29.5 Å². The standard InChI is InChI=1S/C23H29N3O6S/c1-15-7-12-18(32-15)20-19(22(28)23(29)26(20)14-6-13-24(2)3)21(27)16-8-10-17(11-9-16)33(30,31)25(4)5/h7-12,20,27H,6,13-14H2,1-5H3/p+1/t20-/m0/s1. The molecule has 2 heterocycles. The molecule has 0 saturated carbocycles. The van der Waals surface area contributed by atoms with Gasteiger partial charge in [-0.2, -0.15) is 0 Å². The van der Waals surface area contributed by atoms with Crippen LogP contribution in [0.2, 0.25) is 0 Å². The van der Waals surface area contributed by atoms with Crippen molar-refractivity contribution >= 4 is 27.5 Å². The number of nitrogens with one attached hydrogen (secondary N) is 1. The first kappa shape index (κ1) is 24.7. The molecule has 10 heteroatoms. The zero-order valence-corrected chi connectivity index (χ0v) is 20.3. The molecular formula is C23H30N3O6S+. The fourth-order valence-corrected chi connectivity index (χ4v) is 4.66. The third-order valence-corrected chi connectivity index (χ3v) is 7.38. The molecule has 9 nitrogen and oxygen atoms in total.